The smallest absolute Gasteiger partial charge is 0.253 e. The summed E-state index contributed by atoms with van der Waals surface area (Å²) >= 11 is 0. The fourth-order valence-electron chi connectivity index (χ4n) is 3.86. The SMILES string of the molecule is CCNC(=NCc1ccc(C(=O)N2CCCCC2)cc1)NC(C)CCc1ccccc1. The van der Waals surface area contributed by atoms with Crippen LogP contribution < -0.4 is 10.6 Å². The van der Waals surface area contributed by atoms with Crippen molar-refractivity contribution in [1.29, 1.82) is 0 Å². The molecular weight excluding hydrogens is 384 g/mol. The first-order valence-electron chi connectivity index (χ1n) is 11.6. The maximum atomic E-state index is 12.6. The molecule has 0 aliphatic carbocycles. The summed E-state index contributed by atoms with van der Waals surface area (Å²) in [5.74, 6) is 0.980. The van der Waals surface area contributed by atoms with Gasteiger partial charge in [0, 0.05) is 31.2 Å². The quantitative estimate of drug-likeness (QED) is 0.492. The van der Waals surface area contributed by atoms with Crippen LogP contribution in [-0.2, 0) is 13.0 Å². The van der Waals surface area contributed by atoms with Gasteiger partial charge < -0.3 is 15.5 Å². The van der Waals surface area contributed by atoms with Crippen molar-refractivity contribution < 1.29 is 4.79 Å². The van der Waals surface area contributed by atoms with Crippen molar-refractivity contribution >= 4 is 11.9 Å². The summed E-state index contributed by atoms with van der Waals surface area (Å²) in [6.07, 6.45) is 5.54. The van der Waals surface area contributed by atoms with E-state index in [-0.39, 0.29) is 5.91 Å². The minimum Gasteiger partial charge on any atom is -0.357 e. The molecule has 3 rings (SSSR count). The highest BCUT2D eigenvalue weighted by Crippen LogP contribution is 2.14. The molecule has 2 N–H and O–H groups in total. The monoisotopic (exact) mass is 420 g/mol. The van der Waals surface area contributed by atoms with Gasteiger partial charge in [-0.05, 0) is 69.2 Å². The number of piperidine rings is 1. The highest BCUT2D eigenvalue weighted by molar-refractivity contribution is 5.94. The van der Waals surface area contributed by atoms with Crippen molar-refractivity contribution in [3.05, 3.63) is 71.3 Å². The maximum absolute atomic E-state index is 12.6. The van der Waals surface area contributed by atoms with Crippen molar-refractivity contribution in [2.75, 3.05) is 19.6 Å². The zero-order chi connectivity index (χ0) is 21.9. The van der Waals surface area contributed by atoms with E-state index in [1.54, 1.807) is 0 Å². The molecule has 0 radical (unpaired) electrons. The first-order valence-corrected chi connectivity index (χ1v) is 11.6. The third-order valence-corrected chi connectivity index (χ3v) is 5.70. The molecule has 1 atom stereocenters. The first-order chi connectivity index (χ1) is 15.2. The van der Waals surface area contributed by atoms with Crippen LogP contribution in [0.1, 0.15) is 61.0 Å². The molecule has 1 fully saturated rings. The molecule has 1 aliphatic rings. The second kappa shape index (κ2) is 12.1. The number of nitrogens with zero attached hydrogens (tertiary/aromatic N) is 2. The molecule has 2 aromatic rings. The normalized spacial score (nSPS) is 15.4. The minimum absolute atomic E-state index is 0.150. The summed E-state index contributed by atoms with van der Waals surface area (Å²) < 4.78 is 0. The Morgan fingerprint density at radius 1 is 1.00 bits per heavy atom. The number of carbonyl (C=O) groups is 1. The van der Waals surface area contributed by atoms with E-state index in [2.05, 4.69) is 54.8 Å². The van der Waals surface area contributed by atoms with Crippen molar-refractivity contribution in [1.82, 2.24) is 15.5 Å². The summed E-state index contributed by atoms with van der Waals surface area (Å²) in [6, 6.07) is 18.8. The van der Waals surface area contributed by atoms with Crippen molar-refractivity contribution in [2.24, 2.45) is 4.99 Å². The van der Waals surface area contributed by atoms with Gasteiger partial charge in [-0.3, -0.25) is 4.79 Å². The molecule has 0 spiro atoms. The molecule has 0 aromatic heterocycles. The Morgan fingerprint density at radius 2 is 1.71 bits per heavy atom. The summed E-state index contributed by atoms with van der Waals surface area (Å²) in [5, 5.41) is 6.84. The number of likely N-dealkylation sites (tertiary alicyclic amines) is 1. The van der Waals surface area contributed by atoms with Gasteiger partial charge in [0.05, 0.1) is 6.54 Å². The van der Waals surface area contributed by atoms with E-state index in [4.69, 9.17) is 4.99 Å². The molecule has 0 bridgehead atoms. The second-order valence-electron chi connectivity index (χ2n) is 8.31. The number of hydrogen-bond donors (Lipinski definition) is 2. The van der Waals surface area contributed by atoms with Gasteiger partial charge in [-0.25, -0.2) is 4.99 Å². The second-order valence-corrected chi connectivity index (χ2v) is 8.31. The Labute approximate surface area is 187 Å². The van der Waals surface area contributed by atoms with Crippen molar-refractivity contribution in [3.8, 4) is 0 Å². The van der Waals surface area contributed by atoms with Gasteiger partial charge in [-0.15, -0.1) is 0 Å². The molecule has 1 unspecified atom stereocenters. The number of aryl methyl sites for hydroxylation is 1. The summed E-state index contributed by atoms with van der Waals surface area (Å²) in [7, 11) is 0. The fourth-order valence-corrected chi connectivity index (χ4v) is 3.86. The van der Waals surface area contributed by atoms with E-state index < -0.39 is 0 Å². The zero-order valence-electron chi connectivity index (χ0n) is 18.9. The lowest BCUT2D eigenvalue weighted by Crippen LogP contribution is -2.42. The third kappa shape index (κ3) is 7.42. The van der Waals surface area contributed by atoms with Crippen LogP contribution in [0, 0.1) is 0 Å². The number of nitrogens with one attached hydrogen (secondary N) is 2. The molecule has 31 heavy (non-hydrogen) atoms. The Hall–Kier alpha value is -2.82. The van der Waals surface area contributed by atoms with Crippen LogP contribution in [-0.4, -0.2) is 42.4 Å². The van der Waals surface area contributed by atoms with Crippen LogP contribution in [0.3, 0.4) is 0 Å². The molecule has 0 saturated carbocycles. The summed E-state index contributed by atoms with van der Waals surface area (Å²) in [6.45, 7) is 7.43. The van der Waals surface area contributed by atoms with Crippen LogP contribution in [0.5, 0.6) is 0 Å². The Balaban J connectivity index is 1.52. The van der Waals surface area contributed by atoms with Gasteiger partial charge in [0.25, 0.3) is 5.91 Å². The van der Waals surface area contributed by atoms with Gasteiger partial charge in [0.2, 0.25) is 0 Å². The summed E-state index contributed by atoms with van der Waals surface area (Å²) in [5.41, 5.74) is 3.23. The van der Waals surface area contributed by atoms with Crippen molar-refractivity contribution in [3.63, 3.8) is 0 Å². The molecule has 5 nitrogen and oxygen atoms in total. The Bertz CT molecular complexity index is 826. The molecule has 1 saturated heterocycles. The average Bonchev–Trinajstić information content (AvgIpc) is 2.82. The topological polar surface area (TPSA) is 56.7 Å². The predicted octanol–water partition coefficient (Wildman–Crippen LogP) is 4.39. The van der Waals surface area contributed by atoms with E-state index in [9.17, 15) is 4.79 Å². The number of hydrogen-bond acceptors (Lipinski definition) is 2. The lowest BCUT2D eigenvalue weighted by atomic mass is 10.1. The number of benzene rings is 2. The number of rotatable bonds is 8. The maximum Gasteiger partial charge on any atom is 0.253 e. The highest BCUT2D eigenvalue weighted by atomic mass is 16.2. The molecular formula is C26H36N4O. The zero-order valence-corrected chi connectivity index (χ0v) is 18.9. The Morgan fingerprint density at radius 3 is 2.39 bits per heavy atom. The van der Waals surface area contributed by atoms with E-state index in [0.29, 0.717) is 12.6 Å². The van der Waals surface area contributed by atoms with Gasteiger partial charge in [0.15, 0.2) is 5.96 Å². The number of aliphatic imine (C=N–C) groups is 1. The Kier molecular flexibility index (Phi) is 8.95. The minimum atomic E-state index is 0.150. The highest BCUT2D eigenvalue weighted by Gasteiger charge is 2.17. The lowest BCUT2D eigenvalue weighted by molar-refractivity contribution is 0.0724. The predicted molar refractivity (Wildman–Crippen MR) is 128 cm³/mol. The van der Waals surface area contributed by atoms with Crippen molar-refractivity contribution in [2.45, 2.75) is 58.5 Å². The molecule has 166 valence electrons. The number of carbonyl (C=O) groups excluding carboxylic acids is 1. The van der Waals surface area contributed by atoms with Crippen LogP contribution >= 0.6 is 0 Å². The van der Waals surface area contributed by atoms with Crippen LogP contribution in [0.4, 0.5) is 0 Å². The van der Waals surface area contributed by atoms with Gasteiger partial charge >= 0.3 is 0 Å². The number of amides is 1. The molecule has 1 amide bonds. The first kappa shape index (κ1) is 22.9. The average molecular weight is 421 g/mol. The fraction of sp³-hybridized carbons (Fsp3) is 0.462. The van der Waals surface area contributed by atoms with Crippen LogP contribution in [0.25, 0.3) is 0 Å². The lowest BCUT2D eigenvalue weighted by Gasteiger charge is -2.26. The molecule has 1 heterocycles. The molecule has 1 aliphatic heterocycles. The van der Waals surface area contributed by atoms with E-state index in [0.717, 1.165) is 62.4 Å². The number of guanidine groups is 1. The van der Waals surface area contributed by atoms with E-state index in [1.807, 2.05) is 29.2 Å². The molecule has 5 heteroatoms. The van der Waals surface area contributed by atoms with Gasteiger partial charge in [-0.2, -0.15) is 0 Å². The third-order valence-electron chi connectivity index (χ3n) is 5.70. The van der Waals surface area contributed by atoms with Crippen LogP contribution in [0.15, 0.2) is 59.6 Å². The van der Waals surface area contributed by atoms with E-state index in [1.165, 1.54) is 12.0 Å². The van der Waals surface area contributed by atoms with Crippen LogP contribution in [0.2, 0.25) is 0 Å². The van der Waals surface area contributed by atoms with E-state index >= 15 is 0 Å². The standard InChI is InChI=1S/C26H36N4O/c1-3-27-26(29-21(2)12-13-22-10-6-4-7-11-22)28-20-23-14-16-24(17-15-23)25(31)30-18-8-5-9-19-30/h4,6-7,10-11,14-17,21H,3,5,8-9,12-13,18-20H2,1-2H3,(H2,27,28,29). The van der Waals surface area contributed by atoms with Gasteiger partial charge in [0.1, 0.15) is 0 Å². The van der Waals surface area contributed by atoms with Gasteiger partial charge in [-0.1, -0.05) is 42.5 Å². The molecule has 2 aromatic carbocycles. The largest absolute Gasteiger partial charge is 0.357 e. The summed E-state index contributed by atoms with van der Waals surface area (Å²) in [4.78, 5) is 19.3.